The molecule has 1 aliphatic carbocycles. The fraction of sp³-hybridized carbons (Fsp3) is 0.474. The van der Waals surface area contributed by atoms with E-state index in [1.165, 1.54) is 0 Å². The second-order valence-electron chi connectivity index (χ2n) is 6.61. The molecule has 6 nitrogen and oxygen atoms in total. The minimum absolute atomic E-state index is 0.113. The Morgan fingerprint density at radius 3 is 2.64 bits per heavy atom. The maximum Gasteiger partial charge on any atom is 0.317 e. The minimum atomic E-state index is -0.185. The van der Waals surface area contributed by atoms with E-state index in [2.05, 4.69) is 10.6 Å². The zero-order valence-corrected chi connectivity index (χ0v) is 14.6. The number of hydrogen-bond acceptors (Lipinski definition) is 3. The van der Waals surface area contributed by atoms with Crippen molar-refractivity contribution in [2.75, 3.05) is 20.1 Å². The first-order chi connectivity index (χ1) is 12.1. The fourth-order valence-electron chi connectivity index (χ4n) is 3.24. The maximum atomic E-state index is 12.1. The Morgan fingerprint density at radius 2 is 1.88 bits per heavy atom. The van der Waals surface area contributed by atoms with Gasteiger partial charge in [0, 0.05) is 31.4 Å². The molecule has 3 rings (SSSR count). The van der Waals surface area contributed by atoms with Gasteiger partial charge in [-0.25, -0.2) is 4.79 Å². The standard InChI is InChI=1S/C19H25N3O3/c1-22(13-16-12-15-8-4-5-9-17(15)25-16)19(24)21-11-10-20-18(23)14-6-2-3-7-14/h4-5,8-9,12,14H,2-3,6-7,10-11,13H2,1H3,(H,20,23)(H,21,24). The highest BCUT2D eigenvalue weighted by atomic mass is 16.3. The highest BCUT2D eigenvalue weighted by Crippen LogP contribution is 2.24. The van der Waals surface area contributed by atoms with E-state index in [-0.39, 0.29) is 17.9 Å². The normalized spacial score (nSPS) is 14.6. The number of nitrogens with one attached hydrogen (secondary N) is 2. The summed E-state index contributed by atoms with van der Waals surface area (Å²) in [6.07, 6.45) is 4.25. The summed E-state index contributed by atoms with van der Waals surface area (Å²) in [5.41, 5.74) is 0.820. The van der Waals surface area contributed by atoms with Crippen molar-refractivity contribution in [2.24, 2.45) is 5.92 Å². The van der Waals surface area contributed by atoms with E-state index < -0.39 is 0 Å². The van der Waals surface area contributed by atoms with Gasteiger partial charge in [-0.1, -0.05) is 31.0 Å². The number of carbonyl (C=O) groups excluding carboxylic acids is 2. The summed E-state index contributed by atoms with van der Waals surface area (Å²) in [4.78, 5) is 25.6. The molecule has 2 N–H and O–H groups in total. The molecular formula is C19H25N3O3. The molecule has 1 aliphatic rings. The highest BCUT2D eigenvalue weighted by Gasteiger charge is 2.22. The van der Waals surface area contributed by atoms with Crippen molar-refractivity contribution in [1.29, 1.82) is 0 Å². The number of rotatable bonds is 6. The largest absolute Gasteiger partial charge is 0.459 e. The number of nitrogens with zero attached hydrogens (tertiary/aromatic N) is 1. The molecule has 0 radical (unpaired) electrons. The molecule has 1 heterocycles. The van der Waals surface area contributed by atoms with Gasteiger partial charge < -0.3 is 20.0 Å². The molecule has 1 aromatic carbocycles. The van der Waals surface area contributed by atoms with E-state index in [4.69, 9.17) is 4.42 Å². The maximum absolute atomic E-state index is 12.1. The summed E-state index contributed by atoms with van der Waals surface area (Å²) in [7, 11) is 1.72. The van der Waals surface area contributed by atoms with Gasteiger partial charge in [-0.05, 0) is 25.0 Å². The first-order valence-electron chi connectivity index (χ1n) is 8.87. The molecule has 3 amide bonds. The van der Waals surface area contributed by atoms with Crippen LogP contribution in [0.1, 0.15) is 31.4 Å². The van der Waals surface area contributed by atoms with Crippen molar-refractivity contribution in [2.45, 2.75) is 32.2 Å². The molecule has 6 heteroatoms. The molecule has 0 bridgehead atoms. The van der Waals surface area contributed by atoms with Crippen molar-refractivity contribution in [1.82, 2.24) is 15.5 Å². The van der Waals surface area contributed by atoms with Crippen molar-refractivity contribution >= 4 is 22.9 Å². The van der Waals surface area contributed by atoms with Crippen LogP contribution in [0.25, 0.3) is 11.0 Å². The van der Waals surface area contributed by atoms with Crippen LogP contribution in [-0.2, 0) is 11.3 Å². The van der Waals surface area contributed by atoms with Crippen LogP contribution in [0.3, 0.4) is 0 Å². The monoisotopic (exact) mass is 343 g/mol. The first-order valence-corrected chi connectivity index (χ1v) is 8.87. The number of hydrogen-bond donors (Lipinski definition) is 2. The topological polar surface area (TPSA) is 74.6 Å². The van der Waals surface area contributed by atoms with Crippen LogP contribution < -0.4 is 10.6 Å². The molecule has 1 saturated carbocycles. The Kier molecular flexibility index (Phi) is 5.58. The van der Waals surface area contributed by atoms with Gasteiger partial charge >= 0.3 is 6.03 Å². The van der Waals surface area contributed by atoms with Crippen molar-refractivity contribution in [3.05, 3.63) is 36.1 Å². The van der Waals surface area contributed by atoms with Gasteiger partial charge in [0.1, 0.15) is 11.3 Å². The number of furan rings is 1. The lowest BCUT2D eigenvalue weighted by atomic mass is 10.1. The number of urea groups is 1. The lowest BCUT2D eigenvalue weighted by Crippen LogP contribution is -2.41. The van der Waals surface area contributed by atoms with Crippen LogP contribution in [0.2, 0.25) is 0 Å². The van der Waals surface area contributed by atoms with Crippen molar-refractivity contribution in [3.63, 3.8) is 0 Å². The number of fused-ring (bicyclic) bond motifs is 1. The van der Waals surface area contributed by atoms with Gasteiger partial charge in [-0.15, -0.1) is 0 Å². The Balaban J connectivity index is 1.39. The molecule has 0 unspecified atom stereocenters. The zero-order chi connectivity index (χ0) is 17.6. The summed E-state index contributed by atoms with van der Waals surface area (Å²) in [6, 6.07) is 9.53. The first kappa shape index (κ1) is 17.3. The Morgan fingerprint density at radius 1 is 1.16 bits per heavy atom. The van der Waals surface area contributed by atoms with Gasteiger partial charge in [0.15, 0.2) is 0 Å². The lowest BCUT2D eigenvalue weighted by Gasteiger charge is -2.17. The van der Waals surface area contributed by atoms with Crippen LogP contribution in [0.15, 0.2) is 34.7 Å². The van der Waals surface area contributed by atoms with E-state index in [0.717, 1.165) is 42.4 Å². The van der Waals surface area contributed by atoms with E-state index in [0.29, 0.717) is 19.6 Å². The predicted octanol–water partition coefficient (Wildman–Crippen LogP) is 2.88. The van der Waals surface area contributed by atoms with Crippen molar-refractivity contribution < 1.29 is 14.0 Å². The summed E-state index contributed by atoms with van der Waals surface area (Å²) in [5.74, 6) is 1.02. The fourth-order valence-corrected chi connectivity index (χ4v) is 3.24. The molecule has 1 fully saturated rings. The number of carbonyl (C=O) groups is 2. The summed E-state index contributed by atoms with van der Waals surface area (Å²) >= 11 is 0. The molecule has 0 saturated heterocycles. The van der Waals surface area contributed by atoms with Crippen LogP contribution in [-0.4, -0.2) is 37.0 Å². The quantitative estimate of drug-likeness (QED) is 0.792. The number of amides is 3. The minimum Gasteiger partial charge on any atom is -0.459 e. The van der Waals surface area contributed by atoms with Gasteiger partial charge in [-0.2, -0.15) is 0 Å². The van der Waals surface area contributed by atoms with Gasteiger partial charge in [0.05, 0.1) is 6.54 Å². The summed E-state index contributed by atoms with van der Waals surface area (Å²) in [6.45, 7) is 1.27. The predicted molar refractivity (Wildman–Crippen MR) is 96.0 cm³/mol. The average Bonchev–Trinajstić information content (AvgIpc) is 3.27. The smallest absolute Gasteiger partial charge is 0.317 e. The Hall–Kier alpha value is -2.50. The molecule has 2 aromatic rings. The van der Waals surface area contributed by atoms with Gasteiger partial charge in [0.25, 0.3) is 0 Å². The SMILES string of the molecule is CN(Cc1cc2ccccc2o1)C(=O)NCCNC(=O)C1CCCC1. The van der Waals surface area contributed by atoms with Gasteiger partial charge in [-0.3, -0.25) is 4.79 Å². The van der Waals surface area contributed by atoms with Crippen LogP contribution in [0.4, 0.5) is 4.79 Å². The lowest BCUT2D eigenvalue weighted by molar-refractivity contribution is -0.124. The molecule has 0 atom stereocenters. The highest BCUT2D eigenvalue weighted by molar-refractivity contribution is 5.79. The van der Waals surface area contributed by atoms with Crippen molar-refractivity contribution in [3.8, 4) is 0 Å². The van der Waals surface area contributed by atoms with E-state index in [1.807, 2.05) is 30.3 Å². The molecule has 25 heavy (non-hydrogen) atoms. The second kappa shape index (κ2) is 8.05. The van der Waals surface area contributed by atoms with E-state index in [9.17, 15) is 9.59 Å². The third kappa shape index (κ3) is 4.53. The molecule has 1 aromatic heterocycles. The summed E-state index contributed by atoms with van der Waals surface area (Å²) < 4.78 is 5.72. The van der Waals surface area contributed by atoms with E-state index in [1.54, 1.807) is 11.9 Å². The molecule has 0 spiro atoms. The van der Waals surface area contributed by atoms with Crippen LogP contribution in [0.5, 0.6) is 0 Å². The molecule has 0 aliphatic heterocycles. The molecular weight excluding hydrogens is 318 g/mol. The third-order valence-corrected chi connectivity index (χ3v) is 4.64. The number of benzene rings is 1. The average molecular weight is 343 g/mol. The Bertz CT molecular complexity index is 701. The zero-order valence-electron chi connectivity index (χ0n) is 14.6. The summed E-state index contributed by atoms with van der Waals surface area (Å²) in [5, 5.41) is 6.74. The van der Waals surface area contributed by atoms with Crippen LogP contribution in [0, 0.1) is 5.92 Å². The van der Waals surface area contributed by atoms with Crippen LogP contribution >= 0.6 is 0 Å². The van der Waals surface area contributed by atoms with Gasteiger partial charge in [0.2, 0.25) is 5.91 Å². The molecule has 134 valence electrons. The second-order valence-corrected chi connectivity index (χ2v) is 6.61. The third-order valence-electron chi connectivity index (χ3n) is 4.64. The number of para-hydroxylation sites is 1. The Labute approximate surface area is 147 Å². The van der Waals surface area contributed by atoms with E-state index >= 15 is 0 Å².